The fourth-order valence-electron chi connectivity index (χ4n) is 1.28. The third-order valence-electron chi connectivity index (χ3n) is 1.83. The minimum atomic E-state index is 0.869. The quantitative estimate of drug-likeness (QED) is 0.608. The maximum absolute atomic E-state index is 4.22. The fraction of sp³-hybridized carbons (Fsp3) is 0.100. The third kappa shape index (κ3) is 1.40. The number of aromatic nitrogens is 1. The molecule has 0 saturated carbocycles. The smallest absolute Gasteiger partial charge is 0.0946 e. The Morgan fingerprint density at radius 1 is 1.15 bits per heavy atom. The maximum Gasteiger partial charge on any atom is 0.0946 e. The second-order valence-corrected chi connectivity index (χ2v) is 2.65. The summed E-state index contributed by atoms with van der Waals surface area (Å²) in [6.45, 7) is 0. The summed E-state index contributed by atoms with van der Waals surface area (Å²) in [5, 5.41) is 8.81. The topological polar surface area (TPSA) is 37.6 Å². The molecule has 3 heteroatoms. The Morgan fingerprint density at radius 3 is 2.92 bits per heavy atom. The van der Waals surface area contributed by atoms with Crippen molar-refractivity contribution in [3.63, 3.8) is 0 Å². The lowest BCUT2D eigenvalue weighted by atomic mass is 10.2. The number of rotatable bonds is 1. The average Bonchev–Trinajstić information content (AvgIpc) is 2.19. The Hall–Kier alpha value is -1.77. The van der Waals surface area contributed by atoms with Crippen LogP contribution in [0.3, 0.4) is 0 Å². The molecule has 0 spiro atoms. The molecule has 0 aliphatic heterocycles. The normalized spacial score (nSPS) is 11.2. The number of hydrogen-bond donors (Lipinski definition) is 0. The molecule has 0 amide bonds. The van der Waals surface area contributed by atoms with E-state index in [1.165, 1.54) is 0 Å². The number of nitrogens with zero attached hydrogens (tertiary/aromatic N) is 3. The average molecular weight is 171 g/mol. The van der Waals surface area contributed by atoms with Gasteiger partial charge >= 0.3 is 0 Å². The lowest BCUT2D eigenvalue weighted by molar-refractivity contribution is 1.17. The number of hydrogen-bond acceptors (Lipinski definition) is 3. The summed E-state index contributed by atoms with van der Waals surface area (Å²) >= 11 is 0. The third-order valence-corrected chi connectivity index (χ3v) is 1.83. The molecule has 0 fully saturated rings. The van der Waals surface area contributed by atoms with Crippen molar-refractivity contribution >= 4 is 16.6 Å². The first kappa shape index (κ1) is 7.86. The van der Waals surface area contributed by atoms with E-state index in [-0.39, 0.29) is 0 Å². The van der Waals surface area contributed by atoms with Crippen molar-refractivity contribution in [1.29, 1.82) is 0 Å². The van der Waals surface area contributed by atoms with Crippen molar-refractivity contribution in [2.75, 3.05) is 7.05 Å². The number of benzene rings is 1. The maximum atomic E-state index is 4.22. The highest BCUT2D eigenvalue weighted by atomic mass is 15.1. The van der Waals surface area contributed by atoms with Crippen LogP contribution in [0.15, 0.2) is 46.8 Å². The molecule has 64 valence electrons. The molecule has 1 aromatic heterocycles. The molecule has 2 rings (SSSR count). The number of pyridine rings is 1. The van der Waals surface area contributed by atoms with Gasteiger partial charge < -0.3 is 0 Å². The Kier molecular flexibility index (Phi) is 2.00. The minimum Gasteiger partial charge on any atom is -0.256 e. The van der Waals surface area contributed by atoms with Crippen LogP contribution in [0, 0.1) is 0 Å². The minimum absolute atomic E-state index is 0.869. The highest BCUT2D eigenvalue weighted by Crippen LogP contribution is 2.23. The van der Waals surface area contributed by atoms with E-state index in [4.69, 9.17) is 0 Å². The summed E-state index contributed by atoms with van der Waals surface area (Å²) in [5.74, 6) is 0. The molecule has 0 aliphatic carbocycles. The second kappa shape index (κ2) is 3.31. The van der Waals surface area contributed by atoms with Crippen LogP contribution in [0.4, 0.5) is 5.69 Å². The van der Waals surface area contributed by atoms with Gasteiger partial charge in [-0.2, -0.15) is 10.2 Å². The van der Waals surface area contributed by atoms with E-state index < -0.39 is 0 Å². The summed E-state index contributed by atoms with van der Waals surface area (Å²) in [5.41, 5.74) is 1.82. The van der Waals surface area contributed by atoms with E-state index in [0.717, 1.165) is 16.6 Å². The molecule has 3 nitrogen and oxygen atoms in total. The Morgan fingerprint density at radius 2 is 2.08 bits per heavy atom. The van der Waals surface area contributed by atoms with Gasteiger partial charge in [-0.05, 0) is 24.3 Å². The van der Waals surface area contributed by atoms with Crippen LogP contribution in [-0.2, 0) is 0 Å². The lowest BCUT2D eigenvalue weighted by Crippen LogP contribution is -1.76. The van der Waals surface area contributed by atoms with E-state index in [9.17, 15) is 0 Å². The lowest BCUT2D eigenvalue weighted by Gasteiger charge is -1.98. The first-order chi connectivity index (χ1) is 6.42. The summed E-state index contributed by atoms with van der Waals surface area (Å²) < 4.78 is 0. The first-order valence-electron chi connectivity index (χ1n) is 4.05. The van der Waals surface area contributed by atoms with Crippen LogP contribution in [0.5, 0.6) is 0 Å². The monoisotopic (exact) mass is 171 g/mol. The Bertz CT molecular complexity index is 443. The molecule has 2 aromatic rings. The van der Waals surface area contributed by atoms with Crippen molar-refractivity contribution < 1.29 is 0 Å². The van der Waals surface area contributed by atoms with Crippen LogP contribution < -0.4 is 0 Å². The van der Waals surface area contributed by atoms with E-state index in [1.54, 1.807) is 13.2 Å². The summed E-state index contributed by atoms with van der Waals surface area (Å²) in [6, 6.07) is 9.71. The van der Waals surface area contributed by atoms with Crippen molar-refractivity contribution in [3.8, 4) is 0 Å². The first-order valence-corrected chi connectivity index (χ1v) is 4.05. The molecule has 0 N–H and O–H groups in total. The van der Waals surface area contributed by atoms with Crippen molar-refractivity contribution in [2.45, 2.75) is 0 Å². The molecular formula is C10H9N3. The van der Waals surface area contributed by atoms with Gasteiger partial charge in [0.2, 0.25) is 0 Å². The molecule has 0 saturated heterocycles. The van der Waals surface area contributed by atoms with Gasteiger partial charge in [0.25, 0.3) is 0 Å². The highest BCUT2D eigenvalue weighted by Gasteiger charge is 1.97. The molecule has 0 bridgehead atoms. The second-order valence-electron chi connectivity index (χ2n) is 2.65. The van der Waals surface area contributed by atoms with Gasteiger partial charge in [-0.15, -0.1) is 0 Å². The SMILES string of the molecule is CN=Nc1cccc2ncccc12. The van der Waals surface area contributed by atoms with Gasteiger partial charge in [-0.1, -0.05) is 6.07 Å². The van der Waals surface area contributed by atoms with Gasteiger partial charge in [0.1, 0.15) is 0 Å². The standard InChI is InChI=1S/C10H9N3/c1-11-13-10-6-2-5-9-8(10)4-3-7-12-9/h2-7H,1H3. The summed E-state index contributed by atoms with van der Waals surface area (Å²) in [7, 11) is 1.66. The molecule has 13 heavy (non-hydrogen) atoms. The van der Waals surface area contributed by atoms with Gasteiger partial charge in [0.15, 0.2) is 0 Å². The van der Waals surface area contributed by atoms with Crippen molar-refractivity contribution in [2.24, 2.45) is 10.2 Å². The van der Waals surface area contributed by atoms with Crippen LogP contribution in [0.1, 0.15) is 0 Å². The van der Waals surface area contributed by atoms with Crippen LogP contribution in [0.25, 0.3) is 10.9 Å². The van der Waals surface area contributed by atoms with Crippen LogP contribution in [-0.4, -0.2) is 12.0 Å². The van der Waals surface area contributed by atoms with Gasteiger partial charge in [-0.3, -0.25) is 4.98 Å². The molecule has 0 unspecified atom stereocenters. The zero-order valence-electron chi connectivity index (χ0n) is 7.31. The molecule has 0 atom stereocenters. The zero-order chi connectivity index (χ0) is 9.10. The highest BCUT2D eigenvalue weighted by molar-refractivity contribution is 5.89. The molecule has 0 radical (unpaired) electrons. The Labute approximate surface area is 76.1 Å². The van der Waals surface area contributed by atoms with E-state index in [1.807, 2.05) is 30.3 Å². The van der Waals surface area contributed by atoms with Gasteiger partial charge in [0, 0.05) is 18.6 Å². The van der Waals surface area contributed by atoms with Gasteiger partial charge in [-0.25, -0.2) is 0 Å². The van der Waals surface area contributed by atoms with Crippen molar-refractivity contribution in [1.82, 2.24) is 4.98 Å². The predicted molar refractivity (Wildman–Crippen MR) is 52.2 cm³/mol. The number of azo groups is 1. The molecule has 0 aliphatic rings. The predicted octanol–water partition coefficient (Wildman–Crippen LogP) is 2.95. The van der Waals surface area contributed by atoms with Crippen molar-refractivity contribution in [3.05, 3.63) is 36.5 Å². The van der Waals surface area contributed by atoms with Crippen LogP contribution in [0.2, 0.25) is 0 Å². The molecular weight excluding hydrogens is 162 g/mol. The molecule has 1 heterocycles. The van der Waals surface area contributed by atoms with Crippen LogP contribution >= 0.6 is 0 Å². The zero-order valence-corrected chi connectivity index (χ0v) is 7.31. The van der Waals surface area contributed by atoms with E-state index in [2.05, 4.69) is 15.2 Å². The van der Waals surface area contributed by atoms with E-state index >= 15 is 0 Å². The van der Waals surface area contributed by atoms with Gasteiger partial charge in [0.05, 0.1) is 11.2 Å². The molecule has 1 aromatic carbocycles. The Balaban J connectivity index is 2.75. The van der Waals surface area contributed by atoms with E-state index in [0.29, 0.717) is 0 Å². The summed E-state index contributed by atoms with van der Waals surface area (Å²) in [6.07, 6.45) is 1.77. The number of fused-ring (bicyclic) bond motifs is 1. The fourth-order valence-corrected chi connectivity index (χ4v) is 1.28. The summed E-state index contributed by atoms with van der Waals surface area (Å²) in [4.78, 5) is 4.22. The largest absolute Gasteiger partial charge is 0.256 e.